The van der Waals surface area contributed by atoms with Crippen molar-refractivity contribution in [2.24, 2.45) is 0 Å². The van der Waals surface area contributed by atoms with Crippen molar-refractivity contribution in [3.63, 3.8) is 0 Å². The lowest BCUT2D eigenvalue weighted by Gasteiger charge is -2.08. The van der Waals surface area contributed by atoms with Crippen LogP contribution in [0.5, 0.6) is 0 Å². The Kier molecular flexibility index (Phi) is 5.12. The zero-order valence-corrected chi connectivity index (χ0v) is 17.2. The highest BCUT2D eigenvalue weighted by molar-refractivity contribution is 5.90. The second kappa shape index (κ2) is 8.22. The highest BCUT2D eigenvalue weighted by atomic mass is 16.2. The number of benzene rings is 3. The third kappa shape index (κ3) is 4.01. The van der Waals surface area contributed by atoms with E-state index in [0.717, 1.165) is 40.7 Å². The first-order valence-electron chi connectivity index (χ1n) is 10.7. The molecule has 6 heteroatoms. The Balaban J connectivity index is 1.27. The minimum Gasteiger partial charge on any atom is -0.354 e. The SMILES string of the molecule is O=C(Cc1cccc2ccccc12)NCCn1nc(C2CC2)n(-c2ccccc2)c1=O. The molecule has 0 unspecified atom stereocenters. The number of fused-ring (bicyclic) bond motifs is 1. The molecule has 0 radical (unpaired) electrons. The summed E-state index contributed by atoms with van der Waals surface area (Å²) < 4.78 is 3.18. The minimum atomic E-state index is -0.156. The van der Waals surface area contributed by atoms with Crippen LogP contribution in [0.1, 0.15) is 30.1 Å². The van der Waals surface area contributed by atoms with Gasteiger partial charge in [-0.1, -0.05) is 60.7 Å². The Morgan fingerprint density at radius 1 is 0.968 bits per heavy atom. The average Bonchev–Trinajstić information content (AvgIpc) is 3.59. The number of nitrogens with one attached hydrogen (secondary N) is 1. The Morgan fingerprint density at radius 3 is 2.52 bits per heavy atom. The molecule has 0 bridgehead atoms. The van der Waals surface area contributed by atoms with Gasteiger partial charge in [-0.3, -0.25) is 4.79 Å². The molecule has 1 fully saturated rings. The van der Waals surface area contributed by atoms with Gasteiger partial charge in [0.15, 0.2) is 0 Å². The molecule has 0 aliphatic heterocycles. The lowest BCUT2D eigenvalue weighted by molar-refractivity contribution is -0.120. The van der Waals surface area contributed by atoms with E-state index < -0.39 is 0 Å². The maximum Gasteiger partial charge on any atom is 0.350 e. The molecule has 6 nitrogen and oxygen atoms in total. The largest absolute Gasteiger partial charge is 0.354 e. The molecule has 1 heterocycles. The van der Waals surface area contributed by atoms with Crippen molar-refractivity contribution in [1.29, 1.82) is 0 Å². The van der Waals surface area contributed by atoms with Gasteiger partial charge in [-0.2, -0.15) is 5.10 Å². The van der Waals surface area contributed by atoms with Crippen molar-refractivity contribution in [2.45, 2.75) is 31.7 Å². The van der Waals surface area contributed by atoms with E-state index in [1.54, 1.807) is 4.57 Å². The number of para-hydroxylation sites is 1. The van der Waals surface area contributed by atoms with E-state index in [9.17, 15) is 9.59 Å². The fourth-order valence-electron chi connectivity index (χ4n) is 3.98. The molecule has 156 valence electrons. The van der Waals surface area contributed by atoms with Crippen LogP contribution in [0.25, 0.3) is 16.5 Å². The molecular weight excluding hydrogens is 388 g/mol. The van der Waals surface area contributed by atoms with Gasteiger partial charge in [0, 0.05) is 12.5 Å². The van der Waals surface area contributed by atoms with Gasteiger partial charge in [0.05, 0.1) is 18.7 Å². The lowest BCUT2D eigenvalue weighted by Crippen LogP contribution is -2.32. The van der Waals surface area contributed by atoms with Crippen LogP contribution < -0.4 is 11.0 Å². The summed E-state index contributed by atoms with van der Waals surface area (Å²) in [5.74, 6) is 1.10. The fourth-order valence-corrected chi connectivity index (χ4v) is 3.98. The molecule has 0 spiro atoms. The van der Waals surface area contributed by atoms with E-state index in [-0.39, 0.29) is 11.6 Å². The van der Waals surface area contributed by atoms with Crippen LogP contribution in [0.15, 0.2) is 77.6 Å². The van der Waals surface area contributed by atoms with Gasteiger partial charge in [0.1, 0.15) is 5.82 Å². The highest BCUT2D eigenvalue weighted by Crippen LogP contribution is 2.39. The van der Waals surface area contributed by atoms with Crippen molar-refractivity contribution in [3.05, 3.63) is 94.7 Å². The van der Waals surface area contributed by atoms with Gasteiger partial charge in [-0.25, -0.2) is 14.0 Å². The summed E-state index contributed by atoms with van der Waals surface area (Å²) in [5, 5.41) is 9.74. The van der Waals surface area contributed by atoms with Crippen LogP contribution in [-0.4, -0.2) is 26.8 Å². The second-order valence-electron chi connectivity index (χ2n) is 7.97. The van der Waals surface area contributed by atoms with E-state index in [0.29, 0.717) is 25.4 Å². The molecule has 1 aliphatic carbocycles. The quantitative estimate of drug-likeness (QED) is 0.506. The summed E-state index contributed by atoms with van der Waals surface area (Å²) >= 11 is 0. The number of amides is 1. The standard InChI is InChI=1S/C25H24N4O2/c30-23(17-20-9-6-8-18-7-4-5-12-22(18)20)26-15-16-28-25(31)29(21-10-2-1-3-11-21)24(27-28)19-13-14-19/h1-12,19H,13-17H2,(H,26,30). The zero-order valence-electron chi connectivity index (χ0n) is 17.2. The molecule has 0 atom stereocenters. The topological polar surface area (TPSA) is 68.9 Å². The molecule has 1 N–H and O–H groups in total. The van der Waals surface area contributed by atoms with E-state index in [1.165, 1.54) is 4.68 Å². The van der Waals surface area contributed by atoms with Gasteiger partial charge in [0.25, 0.3) is 0 Å². The molecule has 0 saturated heterocycles. The maximum absolute atomic E-state index is 13.0. The van der Waals surface area contributed by atoms with E-state index in [4.69, 9.17) is 0 Å². The predicted molar refractivity (Wildman–Crippen MR) is 120 cm³/mol. The smallest absolute Gasteiger partial charge is 0.350 e. The second-order valence-corrected chi connectivity index (χ2v) is 7.97. The van der Waals surface area contributed by atoms with Crippen LogP contribution in [0.2, 0.25) is 0 Å². The average molecular weight is 412 g/mol. The lowest BCUT2D eigenvalue weighted by atomic mass is 10.0. The number of carbonyl (C=O) groups is 1. The Labute approximate surface area is 180 Å². The first kappa shape index (κ1) is 19.3. The van der Waals surface area contributed by atoms with Crippen LogP contribution in [0.4, 0.5) is 0 Å². The summed E-state index contributed by atoms with van der Waals surface area (Å²) in [6, 6.07) is 23.7. The van der Waals surface area contributed by atoms with Gasteiger partial charge >= 0.3 is 5.69 Å². The predicted octanol–water partition coefficient (Wildman–Crippen LogP) is 3.42. The fraction of sp³-hybridized carbons (Fsp3) is 0.240. The Bertz CT molecular complexity index is 1280. The first-order valence-corrected chi connectivity index (χ1v) is 10.7. The molecule has 1 aromatic heterocycles. The van der Waals surface area contributed by atoms with Gasteiger partial charge < -0.3 is 5.32 Å². The van der Waals surface area contributed by atoms with E-state index in [1.807, 2.05) is 72.8 Å². The summed E-state index contributed by atoms with van der Waals surface area (Å²) in [4.78, 5) is 25.5. The Morgan fingerprint density at radius 2 is 1.71 bits per heavy atom. The van der Waals surface area contributed by atoms with Gasteiger partial charge in [-0.15, -0.1) is 0 Å². The van der Waals surface area contributed by atoms with E-state index in [2.05, 4.69) is 10.4 Å². The van der Waals surface area contributed by atoms with Crippen molar-refractivity contribution in [3.8, 4) is 5.69 Å². The highest BCUT2D eigenvalue weighted by Gasteiger charge is 2.31. The monoisotopic (exact) mass is 412 g/mol. The molecule has 31 heavy (non-hydrogen) atoms. The number of rotatable bonds is 7. The number of aromatic nitrogens is 3. The molecule has 1 saturated carbocycles. The molecule has 4 aromatic rings. The molecular formula is C25H24N4O2. The maximum atomic E-state index is 13.0. The van der Waals surface area contributed by atoms with Crippen molar-refractivity contribution < 1.29 is 4.79 Å². The Hall–Kier alpha value is -3.67. The summed E-state index contributed by atoms with van der Waals surface area (Å²) in [6.07, 6.45) is 2.43. The third-order valence-electron chi connectivity index (χ3n) is 5.70. The van der Waals surface area contributed by atoms with E-state index >= 15 is 0 Å². The van der Waals surface area contributed by atoms with Crippen LogP contribution in [0.3, 0.4) is 0 Å². The van der Waals surface area contributed by atoms with Crippen LogP contribution in [-0.2, 0) is 17.8 Å². The number of nitrogens with zero attached hydrogens (tertiary/aromatic N) is 3. The molecule has 5 rings (SSSR count). The van der Waals surface area contributed by atoms with Crippen molar-refractivity contribution in [2.75, 3.05) is 6.54 Å². The van der Waals surface area contributed by atoms with Crippen molar-refractivity contribution in [1.82, 2.24) is 19.7 Å². The normalized spacial score (nSPS) is 13.4. The number of carbonyl (C=O) groups excluding carboxylic acids is 1. The minimum absolute atomic E-state index is 0.0608. The molecule has 3 aromatic carbocycles. The third-order valence-corrected chi connectivity index (χ3v) is 5.70. The summed E-state index contributed by atoms with van der Waals surface area (Å²) in [5.41, 5.74) is 1.68. The molecule has 1 amide bonds. The first-order chi connectivity index (χ1) is 15.2. The van der Waals surface area contributed by atoms with Gasteiger partial charge in [0.2, 0.25) is 5.91 Å². The summed E-state index contributed by atoms with van der Waals surface area (Å²) in [6.45, 7) is 0.707. The number of hydrogen-bond donors (Lipinski definition) is 1. The zero-order chi connectivity index (χ0) is 21.2. The van der Waals surface area contributed by atoms with Gasteiger partial charge in [-0.05, 0) is 41.3 Å². The number of hydrogen-bond acceptors (Lipinski definition) is 3. The van der Waals surface area contributed by atoms with Crippen LogP contribution in [0, 0.1) is 0 Å². The van der Waals surface area contributed by atoms with Crippen LogP contribution >= 0.6 is 0 Å². The van der Waals surface area contributed by atoms with Crippen molar-refractivity contribution >= 4 is 16.7 Å². The summed E-state index contributed by atoms with van der Waals surface area (Å²) in [7, 11) is 0. The molecule has 1 aliphatic rings.